The largest absolute Gasteiger partial charge is 0.504 e. The zero-order valence-corrected chi connectivity index (χ0v) is 10.8. The fraction of sp³-hybridized carbons (Fsp3) is 0.143. The molecule has 0 saturated heterocycles. The summed E-state index contributed by atoms with van der Waals surface area (Å²) in [6.07, 6.45) is 0. The summed E-state index contributed by atoms with van der Waals surface area (Å²) in [6, 6.07) is 9.31. The fourth-order valence-electron chi connectivity index (χ4n) is 1.89. The van der Waals surface area contributed by atoms with Gasteiger partial charge in [-0.05, 0) is 30.7 Å². The van der Waals surface area contributed by atoms with E-state index in [1.165, 1.54) is 18.2 Å². The van der Waals surface area contributed by atoms with Gasteiger partial charge in [-0.2, -0.15) is 0 Å². The molecule has 0 heterocycles. The summed E-state index contributed by atoms with van der Waals surface area (Å²) in [5.74, 6) is -0.375. The molecule has 0 unspecified atom stereocenters. The third-order valence-corrected chi connectivity index (χ3v) is 3.02. The summed E-state index contributed by atoms with van der Waals surface area (Å²) in [7, 11) is 0. The molecule has 6 nitrogen and oxygen atoms in total. The molecule has 2 aromatic rings. The SMILES string of the molecule is Cc1c(NCc2ccc(O)c(O)c2)cccc1[N+](=O)[O-]. The molecule has 3 N–H and O–H groups in total. The number of benzene rings is 2. The monoisotopic (exact) mass is 274 g/mol. The Morgan fingerprint density at radius 1 is 1.20 bits per heavy atom. The number of phenolic OH excluding ortho intramolecular Hbond substituents is 2. The first-order valence-electron chi connectivity index (χ1n) is 5.98. The minimum absolute atomic E-state index is 0.0588. The number of nitro groups is 1. The van der Waals surface area contributed by atoms with E-state index in [1.807, 2.05) is 0 Å². The van der Waals surface area contributed by atoms with Crippen LogP contribution in [-0.4, -0.2) is 15.1 Å². The molecule has 0 aliphatic heterocycles. The molecule has 104 valence electrons. The van der Waals surface area contributed by atoms with Crippen molar-refractivity contribution in [3.05, 3.63) is 57.6 Å². The lowest BCUT2D eigenvalue weighted by molar-refractivity contribution is -0.385. The second-order valence-electron chi connectivity index (χ2n) is 4.38. The summed E-state index contributed by atoms with van der Waals surface area (Å²) in [5, 5.41) is 32.5. The molecule has 0 spiro atoms. The van der Waals surface area contributed by atoms with Gasteiger partial charge in [0.25, 0.3) is 5.69 Å². The molecule has 0 amide bonds. The van der Waals surface area contributed by atoms with Crippen LogP contribution in [0.1, 0.15) is 11.1 Å². The maximum absolute atomic E-state index is 10.8. The standard InChI is InChI=1S/C14H14N2O4/c1-9-11(3-2-4-12(9)16(19)20)15-8-10-5-6-13(17)14(18)7-10/h2-7,15,17-18H,8H2,1H3. The number of nitrogens with zero attached hydrogens (tertiary/aromatic N) is 1. The smallest absolute Gasteiger partial charge is 0.274 e. The fourth-order valence-corrected chi connectivity index (χ4v) is 1.89. The summed E-state index contributed by atoms with van der Waals surface area (Å²) in [4.78, 5) is 10.4. The van der Waals surface area contributed by atoms with Crippen molar-refractivity contribution < 1.29 is 15.1 Å². The Labute approximate surface area is 115 Å². The van der Waals surface area contributed by atoms with E-state index >= 15 is 0 Å². The van der Waals surface area contributed by atoms with Crippen LogP contribution in [0.2, 0.25) is 0 Å². The zero-order valence-electron chi connectivity index (χ0n) is 10.8. The van der Waals surface area contributed by atoms with Crippen LogP contribution < -0.4 is 5.32 Å². The lowest BCUT2D eigenvalue weighted by atomic mass is 10.1. The van der Waals surface area contributed by atoms with Crippen LogP contribution in [0.4, 0.5) is 11.4 Å². The predicted octanol–water partition coefficient (Wildman–Crippen LogP) is 2.93. The lowest BCUT2D eigenvalue weighted by Crippen LogP contribution is -2.02. The summed E-state index contributed by atoms with van der Waals surface area (Å²) in [5.41, 5.74) is 2.03. The highest BCUT2D eigenvalue weighted by atomic mass is 16.6. The molecular weight excluding hydrogens is 260 g/mol. The Hall–Kier alpha value is -2.76. The first-order valence-corrected chi connectivity index (χ1v) is 5.98. The van der Waals surface area contributed by atoms with E-state index in [1.54, 1.807) is 25.1 Å². The highest BCUT2D eigenvalue weighted by Gasteiger charge is 2.12. The van der Waals surface area contributed by atoms with Crippen LogP contribution in [0.25, 0.3) is 0 Å². The van der Waals surface area contributed by atoms with Crippen LogP contribution in [0.3, 0.4) is 0 Å². The number of hydrogen-bond donors (Lipinski definition) is 3. The molecule has 0 saturated carbocycles. The van der Waals surface area contributed by atoms with Gasteiger partial charge in [0.05, 0.1) is 4.92 Å². The molecule has 20 heavy (non-hydrogen) atoms. The number of nitrogens with one attached hydrogen (secondary N) is 1. The Balaban J connectivity index is 2.17. The van der Waals surface area contributed by atoms with Gasteiger partial charge in [-0.1, -0.05) is 12.1 Å². The van der Waals surface area contributed by atoms with Crippen LogP contribution >= 0.6 is 0 Å². The average molecular weight is 274 g/mol. The highest BCUT2D eigenvalue weighted by molar-refractivity contribution is 5.60. The first kappa shape index (κ1) is 13.7. The quantitative estimate of drug-likeness (QED) is 0.452. The normalized spacial score (nSPS) is 10.2. The van der Waals surface area contributed by atoms with Gasteiger partial charge in [-0.3, -0.25) is 10.1 Å². The average Bonchev–Trinajstić information content (AvgIpc) is 2.41. The van der Waals surface area contributed by atoms with Gasteiger partial charge in [0.15, 0.2) is 11.5 Å². The third kappa shape index (κ3) is 2.80. The van der Waals surface area contributed by atoms with Gasteiger partial charge < -0.3 is 15.5 Å². The number of phenols is 2. The van der Waals surface area contributed by atoms with Gasteiger partial charge in [-0.25, -0.2) is 0 Å². The molecule has 0 fully saturated rings. The van der Waals surface area contributed by atoms with Crippen molar-refractivity contribution in [3.8, 4) is 11.5 Å². The van der Waals surface area contributed by atoms with E-state index < -0.39 is 4.92 Å². The predicted molar refractivity (Wildman–Crippen MR) is 74.9 cm³/mol. The van der Waals surface area contributed by atoms with E-state index in [-0.39, 0.29) is 17.2 Å². The second kappa shape index (κ2) is 5.48. The Morgan fingerprint density at radius 3 is 2.60 bits per heavy atom. The van der Waals surface area contributed by atoms with Crippen LogP contribution in [0, 0.1) is 17.0 Å². The van der Waals surface area contributed by atoms with Crippen molar-refractivity contribution in [2.75, 3.05) is 5.32 Å². The van der Waals surface area contributed by atoms with Crippen LogP contribution in [0.15, 0.2) is 36.4 Å². The lowest BCUT2D eigenvalue weighted by Gasteiger charge is -2.10. The van der Waals surface area contributed by atoms with Crippen LogP contribution in [-0.2, 0) is 6.54 Å². The molecule has 2 rings (SSSR count). The van der Waals surface area contributed by atoms with Crippen LogP contribution in [0.5, 0.6) is 11.5 Å². The van der Waals surface area contributed by atoms with Crippen molar-refractivity contribution >= 4 is 11.4 Å². The Kier molecular flexibility index (Phi) is 3.74. The highest BCUT2D eigenvalue weighted by Crippen LogP contribution is 2.27. The van der Waals surface area contributed by atoms with Gasteiger partial charge in [0.1, 0.15) is 0 Å². The molecule has 0 aromatic heterocycles. The summed E-state index contributed by atoms with van der Waals surface area (Å²) < 4.78 is 0. The van der Waals surface area contributed by atoms with E-state index in [2.05, 4.69) is 5.32 Å². The molecular formula is C14H14N2O4. The number of aromatic hydroxyl groups is 2. The first-order chi connectivity index (χ1) is 9.49. The van der Waals surface area contributed by atoms with Crippen molar-refractivity contribution in [1.29, 1.82) is 0 Å². The summed E-state index contributed by atoms with van der Waals surface area (Å²) >= 11 is 0. The molecule has 0 radical (unpaired) electrons. The number of nitro benzene ring substituents is 1. The van der Waals surface area contributed by atoms with Crippen molar-refractivity contribution in [2.45, 2.75) is 13.5 Å². The molecule has 0 aliphatic rings. The topological polar surface area (TPSA) is 95.6 Å². The number of hydrogen-bond acceptors (Lipinski definition) is 5. The van der Waals surface area contributed by atoms with Crippen molar-refractivity contribution in [1.82, 2.24) is 0 Å². The second-order valence-corrected chi connectivity index (χ2v) is 4.38. The van der Waals surface area contributed by atoms with Gasteiger partial charge >= 0.3 is 0 Å². The van der Waals surface area contributed by atoms with Gasteiger partial charge in [0, 0.05) is 23.9 Å². The maximum atomic E-state index is 10.8. The zero-order chi connectivity index (χ0) is 14.7. The maximum Gasteiger partial charge on any atom is 0.274 e. The molecule has 0 aliphatic carbocycles. The molecule has 2 aromatic carbocycles. The number of anilines is 1. The van der Waals surface area contributed by atoms with Crippen molar-refractivity contribution in [3.63, 3.8) is 0 Å². The van der Waals surface area contributed by atoms with E-state index in [0.717, 1.165) is 5.56 Å². The molecule has 0 bridgehead atoms. The number of rotatable bonds is 4. The molecule has 6 heteroatoms. The van der Waals surface area contributed by atoms with Gasteiger partial charge in [-0.15, -0.1) is 0 Å². The minimum Gasteiger partial charge on any atom is -0.504 e. The van der Waals surface area contributed by atoms with E-state index in [9.17, 15) is 20.3 Å². The molecule has 0 atom stereocenters. The Morgan fingerprint density at radius 2 is 1.95 bits per heavy atom. The minimum atomic E-state index is -0.424. The van der Waals surface area contributed by atoms with E-state index in [4.69, 9.17) is 0 Å². The third-order valence-electron chi connectivity index (χ3n) is 3.02. The summed E-state index contributed by atoms with van der Waals surface area (Å²) in [6.45, 7) is 2.06. The Bertz CT molecular complexity index is 656. The van der Waals surface area contributed by atoms with E-state index in [0.29, 0.717) is 17.8 Å². The van der Waals surface area contributed by atoms with Gasteiger partial charge in [0.2, 0.25) is 0 Å². The van der Waals surface area contributed by atoms with Crippen molar-refractivity contribution in [2.24, 2.45) is 0 Å².